The SMILES string of the molecule is COc1cccc(N2CCN(CC(=O)Nc3ccccc3F)CC2)c1. The van der Waals surface area contributed by atoms with Crippen molar-refractivity contribution in [2.75, 3.05) is 50.1 Å². The van der Waals surface area contributed by atoms with Gasteiger partial charge in [-0.15, -0.1) is 0 Å². The summed E-state index contributed by atoms with van der Waals surface area (Å²) in [5.41, 5.74) is 1.34. The summed E-state index contributed by atoms with van der Waals surface area (Å²) in [6, 6.07) is 14.2. The maximum atomic E-state index is 13.6. The predicted octanol–water partition coefficient (Wildman–Crippen LogP) is 2.60. The van der Waals surface area contributed by atoms with Crippen LogP contribution in [0.15, 0.2) is 48.5 Å². The molecule has 1 fully saturated rings. The van der Waals surface area contributed by atoms with Crippen molar-refractivity contribution in [2.45, 2.75) is 0 Å². The molecule has 1 heterocycles. The Hall–Kier alpha value is -2.60. The molecule has 0 spiro atoms. The Kier molecular flexibility index (Phi) is 5.50. The van der Waals surface area contributed by atoms with Crippen molar-refractivity contribution in [3.63, 3.8) is 0 Å². The highest BCUT2D eigenvalue weighted by Crippen LogP contribution is 2.22. The van der Waals surface area contributed by atoms with E-state index in [1.165, 1.54) is 6.07 Å². The van der Waals surface area contributed by atoms with Gasteiger partial charge in [-0.1, -0.05) is 18.2 Å². The van der Waals surface area contributed by atoms with Crippen LogP contribution in [0, 0.1) is 5.82 Å². The summed E-state index contributed by atoms with van der Waals surface area (Å²) in [6.45, 7) is 3.49. The van der Waals surface area contributed by atoms with Crippen LogP contribution in [0.25, 0.3) is 0 Å². The second-order valence-corrected chi connectivity index (χ2v) is 5.99. The minimum atomic E-state index is -0.418. The van der Waals surface area contributed by atoms with Crippen molar-refractivity contribution >= 4 is 17.3 Å². The molecule has 1 aliphatic rings. The fourth-order valence-electron chi connectivity index (χ4n) is 2.93. The Bertz CT molecular complexity index is 730. The van der Waals surface area contributed by atoms with E-state index < -0.39 is 5.82 Å². The van der Waals surface area contributed by atoms with Gasteiger partial charge in [-0.25, -0.2) is 4.39 Å². The normalized spacial score (nSPS) is 15.0. The number of amides is 1. The first-order valence-electron chi connectivity index (χ1n) is 8.31. The zero-order valence-corrected chi connectivity index (χ0v) is 14.2. The molecule has 25 heavy (non-hydrogen) atoms. The van der Waals surface area contributed by atoms with Crippen molar-refractivity contribution < 1.29 is 13.9 Å². The van der Waals surface area contributed by atoms with Crippen LogP contribution in [0.3, 0.4) is 0 Å². The van der Waals surface area contributed by atoms with Gasteiger partial charge in [0, 0.05) is 37.9 Å². The lowest BCUT2D eigenvalue weighted by atomic mass is 10.2. The first kappa shape index (κ1) is 17.2. The Labute approximate surface area is 147 Å². The van der Waals surface area contributed by atoms with Crippen LogP contribution in [0.5, 0.6) is 5.75 Å². The maximum Gasteiger partial charge on any atom is 0.238 e. The van der Waals surface area contributed by atoms with Crippen LogP contribution in [0.1, 0.15) is 0 Å². The Morgan fingerprint density at radius 2 is 1.88 bits per heavy atom. The number of benzene rings is 2. The van der Waals surface area contributed by atoms with E-state index in [1.807, 2.05) is 18.2 Å². The van der Waals surface area contributed by atoms with E-state index in [4.69, 9.17) is 4.74 Å². The molecule has 0 unspecified atom stereocenters. The van der Waals surface area contributed by atoms with Gasteiger partial charge in [0.1, 0.15) is 11.6 Å². The van der Waals surface area contributed by atoms with Gasteiger partial charge < -0.3 is 15.0 Å². The number of anilines is 2. The van der Waals surface area contributed by atoms with Crippen LogP contribution in [-0.2, 0) is 4.79 Å². The van der Waals surface area contributed by atoms with Crippen molar-refractivity contribution in [1.82, 2.24) is 4.90 Å². The average molecular weight is 343 g/mol. The zero-order chi connectivity index (χ0) is 17.6. The molecular formula is C19H22FN3O2. The number of hydrogen-bond donors (Lipinski definition) is 1. The monoisotopic (exact) mass is 343 g/mol. The first-order chi connectivity index (χ1) is 12.2. The Morgan fingerprint density at radius 1 is 1.12 bits per heavy atom. The number of ether oxygens (including phenoxy) is 1. The number of carbonyl (C=O) groups is 1. The molecule has 0 aliphatic carbocycles. The number of hydrogen-bond acceptors (Lipinski definition) is 4. The molecule has 1 aliphatic heterocycles. The van der Waals surface area contributed by atoms with Crippen molar-refractivity contribution in [1.29, 1.82) is 0 Å². The van der Waals surface area contributed by atoms with Crippen LogP contribution >= 0.6 is 0 Å². The number of rotatable bonds is 5. The van der Waals surface area contributed by atoms with E-state index in [2.05, 4.69) is 21.2 Å². The van der Waals surface area contributed by atoms with Crippen LogP contribution in [0.2, 0.25) is 0 Å². The molecule has 0 atom stereocenters. The van der Waals surface area contributed by atoms with Crippen molar-refractivity contribution in [2.24, 2.45) is 0 Å². The highest BCUT2D eigenvalue weighted by Gasteiger charge is 2.20. The molecule has 1 N–H and O–H groups in total. The number of para-hydroxylation sites is 1. The van der Waals surface area contributed by atoms with Gasteiger partial charge in [-0.05, 0) is 24.3 Å². The molecular weight excluding hydrogens is 321 g/mol. The summed E-state index contributed by atoms with van der Waals surface area (Å²) in [7, 11) is 1.66. The molecule has 2 aromatic rings. The number of carbonyl (C=O) groups excluding carboxylic acids is 1. The Morgan fingerprint density at radius 3 is 2.60 bits per heavy atom. The third kappa shape index (κ3) is 4.48. The molecule has 132 valence electrons. The van der Waals surface area contributed by atoms with Gasteiger partial charge in [0.25, 0.3) is 0 Å². The van der Waals surface area contributed by atoms with Crippen LogP contribution < -0.4 is 15.0 Å². The minimum absolute atomic E-state index is 0.195. The fourth-order valence-corrected chi connectivity index (χ4v) is 2.93. The van der Waals surface area contributed by atoms with Gasteiger partial charge in [0.15, 0.2) is 0 Å². The fraction of sp³-hybridized carbons (Fsp3) is 0.316. The minimum Gasteiger partial charge on any atom is -0.497 e. The average Bonchev–Trinajstić information content (AvgIpc) is 2.64. The number of piperazine rings is 1. The van der Waals surface area contributed by atoms with E-state index in [-0.39, 0.29) is 18.1 Å². The topological polar surface area (TPSA) is 44.8 Å². The summed E-state index contributed by atoms with van der Waals surface area (Å²) >= 11 is 0. The largest absolute Gasteiger partial charge is 0.497 e. The van der Waals surface area contributed by atoms with E-state index in [1.54, 1.807) is 25.3 Å². The van der Waals surface area contributed by atoms with Crippen molar-refractivity contribution in [3.8, 4) is 5.75 Å². The third-order valence-electron chi connectivity index (χ3n) is 4.31. The second kappa shape index (κ2) is 7.98. The van der Waals surface area contributed by atoms with Crippen molar-refractivity contribution in [3.05, 3.63) is 54.3 Å². The standard InChI is InChI=1S/C19H22FN3O2/c1-25-16-6-4-5-15(13-16)23-11-9-22(10-12-23)14-19(24)21-18-8-3-2-7-17(18)20/h2-8,13H,9-12,14H2,1H3,(H,21,24). The lowest BCUT2D eigenvalue weighted by Crippen LogP contribution is -2.48. The van der Waals surface area contributed by atoms with Gasteiger partial charge in [-0.3, -0.25) is 9.69 Å². The van der Waals surface area contributed by atoms with E-state index in [0.717, 1.165) is 37.6 Å². The molecule has 0 saturated carbocycles. The maximum absolute atomic E-state index is 13.6. The highest BCUT2D eigenvalue weighted by molar-refractivity contribution is 5.92. The molecule has 0 radical (unpaired) electrons. The molecule has 0 aromatic heterocycles. The molecule has 2 aromatic carbocycles. The van der Waals surface area contributed by atoms with Gasteiger partial charge in [-0.2, -0.15) is 0 Å². The summed E-state index contributed by atoms with van der Waals surface area (Å²) in [4.78, 5) is 16.5. The molecule has 3 rings (SSSR count). The van der Waals surface area contributed by atoms with Gasteiger partial charge >= 0.3 is 0 Å². The second-order valence-electron chi connectivity index (χ2n) is 5.99. The number of nitrogens with zero attached hydrogens (tertiary/aromatic N) is 2. The predicted molar refractivity (Wildman–Crippen MR) is 96.7 cm³/mol. The number of nitrogens with one attached hydrogen (secondary N) is 1. The summed E-state index contributed by atoms with van der Waals surface area (Å²) in [5, 5.41) is 2.63. The third-order valence-corrected chi connectivity index (χ3v) is 4.31. The number of methoxy groups -OCH3 is 1. The quantitative estimate of drug-likeness (QED) is 0.906. The smallest absolute Gasteiger partial charge is 0.238 e. The molecule has 6 heteroatoms. The van der Waals surface area contributed by atoms with E-state index >= 15 is 0 Å². The highest BCUT2D eigenvalue weighted by atomic mass is 19.1. The molecule has 1 saturated heterocycles. The lowest BCUT2D eigenvalue weighted by molar-refractivity contribution is -0.117. The van der Waals surface area contributed by atoms with E-state index in [0.29, 0.717) is 0 Å². The van der Waals surface area contributed by atoms with Crippen LogP contribution in [-0.4, -0.2) is 50.6 Å². The molecule has 1 amide bonds. The van der Waals surface area contributed by atoms with E-state index in [9.17, 15) is 9.18 Å². The van der Waals surface area contributed by atoms with Gasteiger partial charge in [0.05, 0.1) is 19.3 Å². The zero-order valence-electron chi connectivity index (χ0n) is 14.2. The summed E-state index contributed by atoms with van der Waals surface area (Å²) in [6.07, 6.45) is 0. The first-order valence-corrected chi connectivity index (χ1v) is 8.31. The Balaban J connectivity index is 1.50. The number of halogens is 1. The summed E-state index contributed by atoms with van der Waals surface area (Å²) < 4.78 is 18.8. The molecule has 5 nitrogen and oxygen atoms in total. The lowest BCUT2D eigenvalue weighted by Gasteiger charge is -2.35. The molecule has 0 bridgehead atoms. The van der Waals surface area contributed by atoms with Crippen LogP contribution in [0.4, 0.5) is 15.8 Å². The van der Waals surface area contributed by atoms with Gasteiger partial charge in [0.2, 0.25) is 5.91 Å². The summed E-state index contributed by atoms with van der Waals surface area (Å²) in [5.74, 6) is 0.225.